The molecule has 2 aliphatic rings. The van der Waals surface area contributed by atoms with Gasteiger partial charge in [-0.2, -0.15) is 5.26 Å². The quantitative estimate of drug-likeness (QED) is 0.784. The maximum absolute atomic E-state index is 12.4. The van der Waals surface area contributed by atoms with E-state index in [1.54, 1.807) is 0 Å². The van der Waals surface area contributed by atoms with E-state index in [2.05, 4.69) is 22.8 Å². The van der Waals surface area contributed by atoms with Gasteiger partial charge >= 0.3 is 0 Å². The Kier molecular flexibility index (Phi) is 6.47. The molecule has 0 aromatic rings. The summed E-state index contributed by atoms with van der Waals surface area (Å²) in [5, 5.41) is 9.12. The molecule has 0 aromatic carbocycles. The number of rotatable bonds is 4. The Morgan fingerprint density at radius 3 is 2.19 bits per heavy atom. The fraction of sp³-hybridized carbons (Fsp3) is 0.875. The molecule has 0 bridgehead atoms. The number of likely N-dealkylation sites (tertiary alicyclic amines) is 1. The molecule has 0 radical (unpaired) electrons. The number of nitriles is 1. The largest absolute Gasteiger partial charge is 0.342 e. The molecule has 2 aliphatic heterocycles. The molecule has 5 heteroatoms. The van der Waals surface area contributed by atoms with E-state index < -0.39 is 0 Å². The van der Waals surface area contributed by atoms with Crippen molar-refractivity contribution in [1.29, 1.82) is 5.26 Å². The Labute approximate surface area is 128 Å². The van der Waals surface area contributed by atoms with Crippen molar-refractivity contribution in [1.82, 2.24) is 14.7 Å². The van der Waals surface area contributed by atoms with Gasteiger partial charge in [-0.05, 0) is 19.3 Å². The summed E-state index contributed by atoms with van der Waals surface area (Å²) in [6, 6.07) is 2.40. The topological polar surface area (TPSA) is 50.6 Å². The number of amides is 1. The van der Waals surface area contributed by atoms with Gasteiger partial charge in [0.2, 0.25) is 5.91 Å². The average molecular weight is 292 g/mol. The van der Waals surface area contributed by atoms with Gasteiger partial charge in [-0.25, -0.2) is 0 Å². The summed E-state index contributed by atoms with van der Waals surface area (Å²) in [5.41, 5.74) is 0. The van der Waals surface area contributed by atoms with Crippen molar-refractivity contribution in [3.63, 3.8) is 0 Å². The van der Waals surface area contributed by atoms with Gasteiger partial charge in [0.15, 0.2) is 0 Å². The molecule has 0 saturated carbocycles. The summed E-state index contributed by atoms with van der Waals surface area (Å²) in [4.78, 5) is 18.9. The molecule has 5 nitrogen and oxygen atoms in total. The van der Waals surface area contributed by atoms with Gasteiger partial charge in [0.1, 0.15) is 0 Å². The second-order valence-electron chi connectivity index (χ2n) is 6.16. The van der Waals surface area contributed by atoms with E-state index in [0.717, 1.165) is 58.5 Å². The van der Waals surface area contributed by atoms with Crippen LogP contribution >= 0.6 is 0 Å². The van der Waals surface area contributed by atoms with E-state index in [0.29, 0.717) is 6.54 Å². The molecule has 1 amide bonds. The third-order valence-corrected chi connectivity index (χ3v) is 4.70. The molecule has 2 rings (SSSR count). The zero-order chi connectivity index (χ0) is 15.1. The first kappa shape index (κ1) is 16.3. The summed E-state index contributed by atoms with van der Waals surface area (Å²) in [7, 11) is 0. The Balaban J connectivity index is 1.75. The van der Waals surface area contributed by atoms with Crippen molar-refractivity contribution in [2.24, 2.45) is 0 Å². The van der Waals surface area contributed by atoms with Crippen LogP contribution in [0, 0.1) is 11.3 Å². The Hall–Kier alpha value is -1.12. The molecular weight excluding hydrogens is 264 g/mol. The van der Waals surface area contributed by atoms with Gasteiger partial charge < -0.3 is 4.90 Å². The summed E-state index contributed by atoms with van der Waals surface area (Å²) < 4.78 is 0. The second-order valence-corrected chi connectivity index (χ2v) is 6.16. The van der Waals surface area contributed by atoms with E-state index in [-0.39, 0.29) is 11.9 Å². The van der Waals surface area contributed by atoms with Crippen LogP contribution in [0.5, 0.6) is 0 Å². The van der Waals surface area contributed by atoms with Crippen molar-refractivity contribution < 1.29 is 4.79 Å². The number of hydrogen-bond donors (Lipinski definition) is 0. The highest BCUT2D eigenvalue weighted by Gasteiger charge is 2.25. The first-order valence-corrected chi connectivity index (χ1v) is 8.38. The monoisotopic (exact) mass is 292 g/mol. The predicted octanol–water partition coefficient (Wildman–Crippen LogP) is 1.31. The zero-order valence-electron chi connectivity index (χ0n) is 13.3. The molecular formula is C16H28N4O. The standard InChI is InChI=1S/C16H28N4O/c1-2-15(13-17)19-11-9-18(10-12-19)14-16(21)20-7-5-3-4-6-8-20/h15H,2-12,14H2,1H3. The highest BCUT2D eigenvalue weighted by Crippen LogP contribution is 2.12. The molecule has 0 aromatic heterocycles. The summed E-state index contributed by atoms with van der Waals surface area (Å²) in [6.07, 6.45) is 5.70. The first-order chi connectivity index (χ1) is 10.2. The summed E-state index contributed by atoms with van der Waals surface area (Å²) >= 11 is 0. The van der Waals surface area contributed by atoms with Crippen LogP contribution in [0.15, 0.2) is 0 Å². The van der Waals surface area contributed by atoms with Gasteiger partial charge in [-0.1, -0.05) is 19.8 Å². The first-order valence-electron chi connectivity index (χ1n) is 8.38. The maximum Gasteiger partial charge on any atom is 0.236 e. The molecule has 1 unspecified atom stereocenters. The number of piperazine rings is 1. The van der Waals surface area contributed by atoms with Crippen molar-refractivity contribution >= 4 is 5.91 Å². The van der Waals surface area contributed by atoms with E-state index in [4.69, 9.17) is 5.26 Å². The van der Waals surface area contributed by atoms with E-state index >= 15 is 0 Å². The van der Waals surface area contributed by atoms with Crippen LogP contribution in [0.1, 0.15) is 39.0 Å². The SMILES string of the molecule is CCC(C#N)N1CCN(CC(=O)N2CCCCCC2)CC1. The lowest BCUT2D eigenvalue weighted by molar-refractivity contribution is -0.132. The Bertz CT molecular complexity index is 363. The van der Waals surface area contributed by atoms with Crippen molar-refractivity contribution in [2.45, 2.75) is 45.1 Å². The fourth-order valence-corrected chi connectivity index (χ4v) is 3.28. The number of carbonyl (C=O) groups is 1. The van der Waals surface area contributed by atoms with Gasteiger partial charge in [-0.15, -0.1) is 0 Å². The normalized spacial score (nSPS) is 23.3. The molecule has 21 heavy (non-hydrogen) atoms. The van der Waals surface area contributed by atoms with Crippen molar-refractivity contribution in [3.05, 3.63) is 0 Å². The van der Waals surface area contributed by atoms with Crippen LogP contribution in [0.4, 0.5) is 0 Å². The van der Waals surface area contributed by atoms with Gasteiger partial charge in [0, 0.05) is 39.3 Å². The predicted molar refractivity (Wildman–Crippen MR) is 82.8 cm³/mol. The number of nitrogens with zero attached hydrogens (tertiary/aromatic N) is 4. The number of hydrogen-bond acceptors (Lipinski definition) is 4. The molecule has 118 valence electrons. The van der Waals surface area contributed by atoms with Crippen LogP contribution < -0.4 is 0 Å². The zero-order valence-corrected chi connectivity index (χ0v) is 13.3. The summed E-state index contributed by atoms with van der Waals surface area (Å²) in [5.74, 6) is 0.290. The lowest BCUT2D eigenvalue weighted by atomic mass is 10.2. The van der Waals surface area contributed by atoms with Crippen molar-refractivity contribution in [3.8, 4) is 6.07 Å². The maximum atomic E-state index is 12.4. The van der Waals surface area contributed by atoms with Crippen LogP contribution in [0.2, 0.25) is 0 Å². The van der Waals surface area contributed by atoms with E-state index in [1.807, 2.05) is 4.90 Å². The van der Waals surface area contributed by atoms with Crippen molar-refractivity contribution in [2.75, 3.05) is 45.8 Å². The van der Waals surface area contributed by atoms with Crippen LogP contribution in [-0.4, -0.2) is 72.5 Å². The lowest BCUT2D eigenvalue weighted by Crippen LogP contribution is -2.52. The second kappa shape index (κ2) is 8.35. The van der Waals surface area contributed by atoms with Crippen LogP contribution in [0.25, 0.3) is 0 Å². The minimum atomic E-state index is 0.0356. The van der Waals surface area contributed by atoms with Gasteiger partial charge in [0.25, 0.3) is 0 Å². The third kappa shape index (κ3) is 4.69. The third-order valence-electron chi connectivity index (χ3n) is 4.70. The molecule has 2 saturated heterocycles. The van der Waals surface area contributed by atoms with E-state index in [1.165, 1.54) is 12.8 Å². The molecule has 1 atom stereocenters. The molecule has 0 aliphatic carbocycles. The highest BCUT2D eigenvalue weighted by atomic mass is 16.2. The molecule has 2 heterocycles. The van der Waals surface area contributed by atoms with Crippen LogP contribution in [0.3, 0.4) is 0 Å². The highest BCUT2D eigenvalue weighted by molar-refractivity contribution is 5.78. The number of carbonyl (C=O) groups excluding carboxylic acids is 1. The lowest BCUT2D eigenvalue weighted by Gasteiger charge is -2.37. The molecule has 0 spiro atoms. The summed E-state index contributed by atoms with van der Waals surface area (Å²) in [6.45, 7) is 8.09. The van der Waals surface area contributed by atoms with Gasteiger partial charge in [-0.3, -0.25) is 14.6 Å². The minimum absolute atomic E-state index is 0.0356. The van der Waals surface area contributed by atoms with E-state index in [9.17, 15) is 4.79 Å². The smallest absolute Gasteiger partial charge is 0.236 e. The Morgan fingerprint density at radius 2 is 1.67 bits per heavy atom. The average Bonchev–Trinajstić information content (AvgIpc) is 2.79. The molecule has 2 fully saturated rings. The minimum Gasteiger partial charge on any atom is -0.342 e. The molecule has 0 N–H and O–H groups in total. The van der Waals surface area contributed by atoms with Crippen LogP contribution in [-0.2, 0) is 4.79 Å². The fourth-order valence-electron chi connectivity index (χ4n) is 3.28. The Morgan fingerprint density at radius 1 is 1.05 bits per heavy atom. The van der Waals surface area contributed by atoms with Gasteiger partial charge in [0.05, 0.1) is 18.7 Å².